The molecule has 0 radical (unpaired) electrons. The first-order valence-corrected chi connectivity index (χ1v) is 8.10. The molecular weight excluding hydrogens is 278 g/mol. The van der Waals surface area contributed by atoms with Gasteiger partial charge in [-0.15, -0.1) is 0 Å². The highest BCUT2D eigenvalue weighted by molar-refractivity contribution is 7.89. The zero-order chi connectivity index (χ0) is 14.6. The van der Waals surface area contributed by atoms with E-state index < -0.39 is 15.9 Å². The summed E-state index contributed by atoms with van der Waals surface area (Å²) in [5, 5.41) is 3.24. The summed E-state index contributed by atoms with van der Waals surface area (Å²) in [4.78, 5) is 11.1. The van der Waals surface area contributed by atoms with Crippen molar-refractivity contribution >= 4 is 15.9 Å². The van der Waals surface area contributed by atoms with E-state index in [-0.39, 0.29) is 10.9 Å². The van der Waals surface area contributed by atoms with Crippen LogP contribution in [-0.2, 0) is 10.0 Å². The fourth-order valence-corrected chi connectivity index (χ4v) is 3.53. The van der Waals surface area contributed by atoms with Crippen LogP contribution >= 0.6 is 0 Å². The Hall–Kier alpha value is -1.44. The van der Waals surface area contributed by atoms with Crippen LogP contribution in [0.2, 0.25) is 0 Å². The van der Waals surface area contributed by atoms with Crippen molar-refractivity contribution in [2.45, 2.75) is 30.2 Å². The second-order valence-electron chi connectivity index (χ2n) is 4.89. The number of amides is 1. The van der Waals surface area contributed by atoms with Crippen molar-refractivity contribution in [3.63, 3.8) is 0 Å². The zero-order valence-corrected chi connectivity index (χ0v) is 11.9. The number of carbonyl (C=O) groups excluding carboxylic acids is 1. The molecule has 0 aromatic heterocycles. The summed E-state index contributed by atoms with van der Waals surface area (Å²) in [6, 6.07) is 5.59. The monoisotopic (exact) mass is 297 g/mol. The molecule has 1 aromatic carbocycles. The first kappa shape index (κ1) is 15.0. The second kappa shape index (κ2) is 6.34. The van der Waals surface area contributed by atoms with Crippen molar-refractivity contribution in [3.05, 3.63) is 29.8 Å². The Morgan fingerprint density at radius 2 is 1.90 bits per heavy atom. The highest BCUT2D eigenvalue weighted by Gasteiger charge is 2.21. The van der Waals surface area contributed by atoms with Gasteiger partial charge in [-0.25, -0.2) is 13.1 Å². The second-order valence-corrected chi connectivity index (χ2v) is 6.60. The van der Waals surface area contributed by atoms with E-state index >= 15 is 0 Å². The minimum Gasteiger partial charge on any atom is -0.366 e. The molecule has 1 aromatic rings. The SMILES string of the molecule is NC(=O)c1ccc(S(=O)(=O)NC2CCCNCC2)cc1. The molecule has 0 saturated carbocycles. The lowest BCUT2D eigenvalue weighted by molar-refractivity contribution is 0.1000. The maximum atomic E-state index is 12.2. The summed E-state index contributed by atoms with van der Waals surface area (Å²) >= 11 is 0. The van der Waals surface area contributed by atoms with Gasteiger partial charge in [0.05, 0.1) is 4.90 Å². The third-order valence-electron chi connectivity index (χ3n) is 3.35. The normalized spacial score (nSPS) is 20.3. The van der Waals surface area contributed by atoms with Crippen LogP contribution in [0.4, 0.5) is 0 Å². The fourth-order valence-electron chi connectivity index (χ4n) is 2.22. The average Bonchev–Trinajstić information content (AvgIpc) is 2.67. The Bertz CT molecular complexity index is 561. The molecule has 1 heterocycles. The van der Waals surface area contributed by atoms with E-state index in [4.69, 9.17) is 5.73 Å². The van der Waals surface area contributed by atoms with Crippen molar-refractivity contribution in [3.8, 4) is 0 Å². The third-order valence-corrected chi connectivity index (χ3v) is 4.88. The third kappa shape index (κ3) is 3.78. The molecule has 0 aliphatic carbocycles. The van der Waals surface area contributed by atoms with E-state index in [9.17, 15) is 13.2 Å². The van der Waals surface area contributed by atoms with Gasteiger partial charge in [-0.2, -0.15) is 0 Å². The van der Waals surface area contributed by atoms with Gasteiger partial charge in [-0.3, -0.25) is 4.79 Å². The predicted octanol–water partition coefficient (Wildman–Crippen LogP) is 0.206. The van der Waals surface area contributed by atoms with Crippen LogP contribution in [0.3, 0.4) is 0 Å². The number of primary amides is 1. The van der Waals surface area contributed by atoms with E-state index in [0.717, 1.165) is 32.4 Å². The minimum atomic E-state index is -3.55. The number of carbonyl (C=O) groups is 1. The Labute approximate surface area is 118 Å². The highest BCUT2D eigenvalue weighted by atomic mass is 32.2. The molecule has 110 valence electrons. The molecule has 1 aliphatic heterocycles. The molecular formula is C13H19N3O3S. The molecule has 6 nitrogen and oxygen atoms in total. The van der Waals surface area contributed by atoms with Crippen LogP contribution in [0.5, 0.6) is 0 Å². The first-order chi connectivity index (χ1) is 9.49. The molecule has 7 heteroatoms. The quantitative estimate of drug-likeness (QED) is 0.739. The van der Waals surface area contributed by atoms with E-state index in [2.05, 4.69) is 10.0 Å². The molecule has 1 saturated heterocycles. The van der Waals surface area contributed by atoms with Crippen molar-refractivity contribution in [2.75, 3.05) is 13.1 Å². The molecule has 0 bridgehead atoms. The smallest absolute Gasteiger partial charge is 0.248 e. The van der Waals surface area contributed by atoms with E-state index in [1.165, 1.54) is 24.3 Å². The average molecular weight is 297 g/mol. The van der Waals surface area contributed by atoms with Gasteiger partial charge in [0.1, 0.15) is 0 Å². The van der Waals surface area contributed by atoms with Crippen molar-refractivity contribution < 1.29 is 13.2 Å². The number of nitrogens with two attached hydrogens (primary N) is 1. The Kier molecular flexibility index (Phi) is 4.74. The minimum absolute atomic E-state index is 0.0502. The van der Waals surface area contributed by atoms with Crippen LogP contribution in [-0.4, -0.2) is 33.5 Å². The molecule has 1 unspecified atom stereocenters. The summed E-state index contributed by atoms with van der Waals surface area (Å²) in [6.45, 7) is 1.74. The van der Waals surface area contributed by atoms with E-state index in [1.54, 1.807) is 0 Å². The van der Waals surface area contributed by atoms with E-state index in [0.29, 0.717) is 5.56 Å². The van der Waals surface area contributed by atoms with Gasteiger partial charge >= 0.3 is 0 Å². The lowest BCUT2D eigenvalue weighted by Crippen LogP contribution is -2.35. The topological polar surface area (TPSA) is 101 Å². The number of benzene rings is 1. The molecule has 1 aliphatic rings. The standard InChI is InChI=1S/C13H19N3O3S/c14-13(17)10-3-5-12(6-4-10)20(18,19)16-11-2-1-8-15-9-7-11/h3-6,11,15-16H,1-2,7-9H2,(H2,14,17). The molecule has 1 amide bonds. The molecule has 1 atom stereocenters. The summed E-state index contributed by atoms with van der Waals surface area (Å²) < 4.78 is 27.2. The predicted molar refractivity (Wildman–Crippen MR) is 75.8 cm³/mol. The maximum absolute atomic E-state index is 12.2. The maximum Gasteiger partial charge on any atom is 0.248 e. The zero-order valence-electron chi connectivity index (χ0n) is 11.1. The van der Waals surface area contributed by atoms with Crippen molar-refractivity contribution in [1.29, 1.82) is 0 Å². The fraction of sp³-hybridized carbons (Fsp3) is 0.462. The highest BCUT2D eigenvalue weighted by Crippen LogP contribution is 2.14. The van der Waals surface area contributed by atoms with Crippen LogP contribution in [0, 0.1) is 0 Å². The van der Waals surface area contributed by atoms with Gasteiger partial charge in [0.25, 0.3) is 0 Å². The Morgan fingerprint density at radius 3 is 2.55 bits per heavy atom. The Balaban J connectivity index is 2.10. The van der Waals surface area contributed by atoms with Gasteiger partial charge in [0.15, 0.2) is 0 Å². The van der Waals surface area contributed by atoms with Crippen LogP contribution in [0.25, 0.3) is 0 Å². The summed E-state index contributed by atoms with van der Waals surface area (Å²) in [5.41, 5.74) is 5.42. The number of hydrogen-bond donors (Lipinski definition) is 3. The lowest BCUT2D eigenvalue weighted by atomic mass is 10.1. The first-order valence-electron chi connectivity index (χ1n) is 6.62. The molecule has 0 spiro atoms. The van der Waals surface area contributed by atoms with Crippen molar-refractivity contribution in [2.24, 2.45) is 5.73 Å². The number of hydrogen-bond acceptors (Lipinski definition) is 4. The largest absolute Gasteiger partial charge is 0.366 e. The van der Waals surface area contributed by atoms with Gasteiger partial charge in [-0.05, 0) is 56.6 Å². The molecule has 1 fully saturated rings. The van der Waals surface area contributed by atoms with E-state index in [1.807, 2.05) is 0 Å². The van der Waals surface area contributed by atoms with Crippen molar-refractivity contribution in [1.82, 2.24) is 10.0 Å². The molecule has 4 N–H and O–H groups in total. The number of sulfonamides is 1. The summed E-state index contributed by atoms with van der Waals surface area (Å²) in [6.07, 6.45) is 2.55. The van der Waals surface area contributed by atoms with Gasteiger partial charge in [0.2, 0.25) is 15.9 Å². The van der Waals surface area contributed by atoms with Crippen LogP contribution < -0.4 is 15.8 Å². The Morgan fingerprint density at radius 1 is 1.20 bits per heavy atom. The number of rotatable bonds is 4. The van der Waals surface area contributed by atoms with Crippen LogP contribution in [0.1, 0.15) is 29.6 Å². The molecule has 2 rings (SSSR count). The summed E-state index contributed by atoms with van der Waals surface area (Å²) in [5.74, 6) is -0.572. The lowest BCUT2D eigenvalue weighted by Gasteiger charge is -2.16. The van der Waals surface area contributed by atoms with Crippen LogP contribution in [0.15, 0.2) is 29.2 Å². The summed E-state index contributed by atoms with van der Waals surface area (Å²) in [7, 11) is -3.55. The number of nitrogens with one attached hydrogen (secondary N) is 2. The van der Waals surface area contributed by atoms with Gasteiger partial charge < -0.3 is 11.1 Å². The van der Waals surface area contributed by atoms with Gasteiger partial charge in [-0.1, -0.05) is 0 Å². The van der Waals surface area contributed by atoms with Gasteiger partial charge in [0, 0.05) is 11.6 Å². The molecule has 20 heavy (non-hydrogen) atoms.